The normalized spacial score (nSPS) is 13.3. The van der Waals surface area contributed by atoms with E-state index in [9.17, 15) is 9.59 Å². The summed E-state index contributed by atoms with van der Waals surface area (Å²) in [7, 11) is 1.33. The van der Waals surface area contributed by atoms with E-state index in [2.05, 4.69) is 10.3 Å². The average Bonchev–Trinajstić information content (AvgIpc) is 2.54. The lowest BCUT2D eigenvalue weighted by Crippen LogP contribution is -2.53. The molecule has 0 saturated heterocycles. The SMILES string of the molecule is CCCC(C)(NC(=O)Cc1cccc2cccnc12)C(=O)OC. The molecule has 0 aliphatic heterocycles. The molecule has 1 amide bonds. The topological polar surface area (TPSA) is 68.3 Å². The quantitative estimate of drug-likeness (QED) is 0.832. The number of carbonyl (C=O) groups excluding carboxylic acids is 2. The van der Waals surface area contributed by atoms with E-state index < -0.39 is 11.5 Å². The number of methoxy groups -OCH3 is 1. The highest BCUT2D eigenvalue weighted by molar-refractivity contribution is 5.91. The molecule has 0 aliphatic rings. The summed E-state index contributed by atoms with van der Waals surface area (Å²) >= 11 is 0. The first kappa shape index (κ1) is 16.9. The number of hydrogen-bond acceptors (Lipinski definition) is 4. The molecule has 0 fully saturated rings. The molecule has 122 valence electrons. The molecule has 1 unspecified atom stereocenters. The van der Waals surface area contributed by atoms with Crippen molar-refractivity contribution >= 4 is 22.8 Å². The molecule has 0 spiro atoms. The maximum atomic E-state index is 12.4. The Morgan fingerprint density at radius 3 is 2.70 bits per heavy atom. The van der Waals surface area contributed by atoms with Crippen molar-refractivity contribution in [2.24, 2.45) is 0 Å². The standard InChI is InChI=1S/C18H22N2O3/c1-4-10-18(2,17(22)23-3)20-15(21)12-14-8-5-7-13-9-6-11-19-16(13)14/h5-9,11H,4,10,12H2,1-3H3,(H,20,21). The first-order chi connectivity index (χ1) is 11.0. The van der Waals surface area contributed by atoms with Crippen LogP contribution in [-0.4, -0.2) is 29.5 Å². The minimum absolute atomic E-state index is 0.171. The number of nitrogens with one attached hydrogen (secondary N) is 1. The van der Waals surface area contributed by atoms with Crippen LogP contribution >= 0.6 is 0 Å². The summed E-state index contributed by atoms with van der Waals surface area (Å²) in [5.74, 6) is -0.645. The average molecular weight is 314 g/mol. The Morgan fingerprint density at radius 2 is 2.00 bits per heavy atom. The molecular weight excluding hydrogens is 292 g/mol. The van der Waals surface area contributed by atoms with Gasteiger partial charge in [-0.15, -0.1) is 0 Å². The molecule has 2 aromatic rings. The highest BCUT2D eigenvalue weighted by atomic mass is 16.5. The number of hydrogen-bond donors (Lipinski definition) is 1. The summed E-state index contributed by atoms with van der Waals surface area (Å²) in [5.41, 5.74) is 0.642. The van der Waals surface area contributed by atoms with Crippen molar-refractivity contribution in [3.05, 3.63) is 42.1 Å². The number of para-hydroxylation sites is 1. The summed E-state index contributed by atoms with van der Waals surface area (Å²) in [6.07, 6.45) is 3.17. The first-order valence-corrected chi connectivity index (χ1v) is 7.72. The van der Waals surface area contributed by atoms with Crippen molar-refractivity contribution in [2.75, 3.05) is 7.11 Å². The maximum Gasteiger partial charge on any atom is 0.331 e. The maximum absolute atomic E-state index is 12.4. The summed E-state index contributed by atoms with van der Waals surface area (Å²) in [6.45, 7) is 3.66. The molecule has 1 aromatic heterocycles. The minimum Gasteiger partial charge on any atom is -0.467 e. The van der Waals surface area contributed by atoms with Crippen molar-refractivity contribution in [3.63, 3.8) is 0 Å². The molecule has 0 aliphatic carbocycles. The van der Waals surface area contributed by atoms with Crippen LogP contribution in [0.2, 0.25) is 0 Å². The largest absolute Gasteiger partial charge is 0.467 e. The molecule has 5 heteroatoms. The molecule has 1 aromatic carbocycles. The predicted octanol–water partition coefficient (Wildman–Crippen LogP) is 2.63. The number of carbonyl (C=O) groups is 2. The van der Waals surface area contributed by atoms with Crippen molar-refractivity contribution in [3.8, 4) is 0 Å². The Bertz CT molecular complexity index is 709. The third kappa shape index (κ3) is 3.86. The Morgan fingerprint density at radius 1 is 1.26 bits per heavy atom. The summed E-state index contributed by atoms with van der Waals surface area (Å²) in [6, 6.07) is 9.56. The molecule has 1 atom stereocenters. The molecule has 5 nitrogen and oxygen atoms in total. The minimum atomic E-state index is -1.00. The molecule has 0 saturated carbocycles. The lowest BCUT2D eigenvalue weighted by atomic mass is 9.95. The van der Waals surface area contributed by atoms with E-state index in [4.69, 9.17) is 4.74 Å². The number of benzene rings is 1. The summed E-state index contributed by atoms with van der Waals surface area (Å²) in [5, 5.41) is 3.80. The molecule has 0 radical (unpaired) electrons. The predicted molar refractivity (Wildman–Crippen MR) is 88.9 cm³/mol. The highest BCUT2D eigenvalue weighted by Crippen LogP contribution is 2.18. The van der Waals surface area contributed by atoms with Crippen LogP contribution < -0.4 is 5.32 Å². The Hall–Kier alpha value is -2.43. The molecule has 2 rings (SSSR count). The Kier molecular flexibility index (Phi) is 5.32. The molecule has 1 heterocycles. The fourth-order valence-electron chi connectivity index (χ4n) is 2.78. The van der Waals surface area contributed by atoms with Crippen LogP contribution in [0.15, 0.2) is 36.5 Å². The third-order valence-corrected chi connectivity index (χ3v) is 3.87. The van der Waals surface area contributed by atoms with Crippen LogP contribution in [0.4, 0.5) is 0 Å². The van der Waals surface area contributed by atoms with Gasteiger partial charge in [0, 0.05) is 11.6 Å². The summed E-state index contributed by atoms with van der Waals surface area (Å²) < 4.78 is 4.82. The van der Waals surface area contributed by atoms with Crippen LogP contribution in [0.1, 0.15) is 32.3 Å². The highest BCUT2D eigenvalue weighted by Gasteiger charge is 2.35. The number of esters is 1. The van der Waals surface area contributed by atoms with Gasteiger partial charge in [-0.05, 0) is 25.0 Å². The second kappa shape index (κ2) is 7.22. The Balaban J connectivity index is 2.19. The summed E-state index contributed by atoms with van der Waals surface area (Å²) in [4.78, 5) is 28.7. The van der Waals surface area contributed by atoms with Gasteiger partial charge < -0.3 is 10.1 Å². The van der Waals surface area contributed by atoms with Gasteiger partial charge in [0.2, 0.25) is 5.91 Å². The number of ether oxygens (including phenoxy) is 1. The monoisotopic (exact) mass is 314 g/mol. The van der Waals surface area contributed by atoms with E-state index in [0.717, 1.165) is 22.9 Å². The van der Waals surface area contributed by atoms with E-state index in [1.165, 1.54) is 7.11 Å². The number of fused-ring (bicyclic) bond motifs is 1. The van der Waals surface area contributed by atoms with Crippen molar-refractivity contribution in [1.29, 1.82) is 0 Å². The second-order valence-electron chi connectivity index (χ2n) is 5.79. The van der Waals surface area contributed by atoms with Crippen LogP contribution in [0.25, 0.3) is 10.9 Å². The molecule has 0 bridgehead atoms. The van der Waals surface area contributed by atoms with Gasteiger partial charge in [0.05, 0.1) is 19.0 Å². The molecular formula is C18H22N2O3. The zero-order chi connectivity index (χ0) is 16.9. The van der Waals surface area contributed by atoms with Crippen molar-refractivity contribution < 1.29 is 14.3 Å². The molecule has 23 heavy (non-hydrogen) atoms. The van der Waals surface area contributed by atoms with Gasteiger partial charge in [-0.25, -0.2) is 4.79 Å². The zero-order valence-corrected chi connectivity index (χ0v) is 13.8. The van der Waals surface area contributed by atoms with Crippen LogP contribution in [0, 0.1) is 0 Å². The third-order valence-electron chi connectivity index (χ3n) is 3.87. The lowest BCUT2D eigenvalue weighted by molar-refractivity contribution is -0.150. The van der Waals surface area contributed by atoms with E-state index in [1.807, 2.05) is 37.3 Å². The number of aromatic nitrogens is 1. The van der Waals surface area contributed by atoms with Gasteiger partial charge >= 0.3 is 5.97 Å². The number of rotatable bonds is 6. The van der Waals surface area contributed by atoms with E-state index in [0.29, 0.717) is 6.42 Å². The van der Waals surface area contributed by atoms with Gasteiger partial charge in [-0.2, -0.15) is 0 Å². The van der Waals surface area contributed by atoms with Crippen LogP contribution in [0.3, 0.4) is 0 Å². The van der Waals surface area contributed by atoms with Crippen molar-refractivity contribution in [2.45, 2.75) is 38.6 Å². The second-order valence-corrected chi connectivity index (χ2v) is 5.79. The number of nitrogens with zero attached hydrogens (tertiary/aromatic N) is 1. The van der Waals surface area contributed by atoms with Gasteiger partial charge in [0.15, 0.2) is 0 Å². The van der Waals surface area contributed by atoms with Gasteiger partial charge in [-0.3, -0.25) is 9.78 Å². The van der Waals surface area contributed by atoms with Gasteiger partial charge in [0.25, 0.3) is 0 Å². The van der Waals surface area contributed by atoms with Gasteiger partial charge in [-0.1, -0.05) is 37.6 Å². The fourth-order valence-corrected chi connectivity index (χ4v) is 2.78. The van der Waals surface area contributed by atoms with E-state index >= 15 is 0 Å². The first-order valence-electron chi connectivity index (χ1n) is 7.72. The number of pyridine rings is 1. The fraction of sp³-hybridized carbons (Fsp3) is 0.389. The lowest BCUT2D eigenvalue weighted by Gasteiger charge is -2.27. The number of amides is 1. The molecule has 1 N–H and O–H groups in total. The van der Waals surface area contributed by atoms with Gasteiger partial charge in [0.1, 0.15) is 5.54 Å². The van der Waals surface area contributed by atoms with Crippen LogP contribution in [0.5, 0.6) is 0 Å². The zero-order valence-electron chi connectivity index (χ0n) is 13.8. The Labute approximate surface area is 136 Å². The smallest absolute Gasteiger partial charge is 0.331 e. The van der Waals surface area contributed by atoms with E-state index in [-0.39, 0.29) is 12.3 Å². The van der Waals surface area contributed by atoms with Crippen molar-refractivity contribution in [1.82, 2.24) is 10.3 Å². The van der Waals surface area contributed by atoms with E-state index in [1.54, 1.807) is 13.1 Å². The van der Waals surface area contributed by atoms with Crippen LogP contribution in [-0.2, 0) is 20.7 Å².